The van der Waals surface area contributed by atoms with E-state index >= 15 is 0 Å². The number of hydrogen-bond donors (Lipinski definition) is 4. The molecule has 2 saturated heterocycles. The maximum atomic E-state index is 13.6. The Bertz CT molecular complexity index is 2070. The van der Waals surface area contributed by atoms with Crippen LogP contribution in [0.25, 0.3) is 41.4 Å². The number of alkyl carbamates (subject to hydrolysis) is 2. The van der Waals surface area contributed by atoms with Gasteiger partial charge >= 0.3 is 12.2 Å². The summed E-state index contributed by atoms with van der Waals surface area (Å²) < 4.78 is 11.7. The van der Waals surface area contributed by atoms with E-state index in [9.17, 15) is 19.2 Å². The minimum Gasteiger partial charge on any atom is -0.453 e. The van der Waals surface area contributed by atoms with Crippen molar-refractivity contribution in [2.45, 2.75) is 57.7 Å². The number of likely N-dealkylation sites (tertiary alicyclic amines) is 2. The lowest BCUT2D eigenvalue weighted by atomic mass is 10.0. The maximum absolute atomic E-state index is 13.6. The van der Waals surface area contributed by atoms with Crippen molar-refractivity contribution in [1.29, 1.82) is 0 Å². The van der Waals surface area contributed by atoms with E-state index in [0.717, 1.165) is 69.4 Å². The average Bonchev–Trinajstić information content (AvgIpc) is 3.96. The molecule has 4 amide bonds. The molecule has 4 aromatic heterocycles. The first-order valence-electron chi connectivity index (χ1n) is 17.0. The molecule has 2 fully saturated rings. The van der Waals surface area contributed by atoms with Crippen molar-refractivity contribution in [3.63, 3.8) is 0 Å². The van der Waals surface area contributed by atoms with Crippen LogP contribution in [0, 0.1) is 5.92 Å². The van der Waals surface area contributed by atoms with Gasteiger partial charge < -0.3 is 39.9 Å². The number of carbonyl (C=O) groups excluding carboxylic acids is 4. The van der Waals surface area contributed by atoms with Crippen molar-refractivity contribution in [2.75, 3.05) is 33.9 Å². The second kappa shape index (κ2) is 14.3. The van der Waals surface area contributed by atoms with E-state index in [1.807, 2.05) is 31.0 Å². The number of benzene rings is 1. The number of imidazole rings is 2. The number of ether oxygens (including phenoxy) is 2. The predicted molar refractivity (Wildman–Crippen MR) is 194 cm³/mol. The minimum absolute atomic E-state index is 0.103. The van der Waals surface area contributed by atoms with E-state index in [1.54, 1.807) is 27.6 Å². The van der Waals surface area contributed by atoms with Gasteiger partial charge in [0, 0.05) is 27.4 Å². The van der Waals surface area contributed by atoms with E-state index < -0.39 is 18.2 Å². The molecule has 1 aromatic carbocycles. The number of carbonyl (C=O) groups is 4. The fourth-order valence-corrected chi connectivity index (χ4v) is 9.30. The standard InChI is InChI=1S/C35H40N8O6S2/c1-18(2)30(41-35(47)49-4)33(45)43-12-6-8-24(43)32-38-20-10-9-19(13-21(20)39-32)25-14-27-28(50-25)15-26(51-27)22-16-36-31(40-22)23-7-5-11-42(23)29(44)17-37-34(46)48-3/h9-10,13-16,18,23-24,30H,5-8,11-12,17H2,1-4H3,(H,36,40)(H,37,46)(H,38,39)(H,41,47)/t23-,24-,30-/m0/s1. The van der Waals surface area contributed by atoms with E-state index in [2.05, 4.69) is 54.6 Å². The quantitative estimate of drug-likeness (QED) is 0.144. The van der Waals surface area contributed by atoms with Gasteiger partial charge in [-0.2, -0.15) is 0 Å². The molecule has 0 spiro atoms. The smallest absolute Gasteiger partial charge is 0.407 e. The van der Waals surface area contributed by atoms with Gasteiger partial charge in [0.25, 0.3) is 0 Å². The molecule has 51 heavy (non-hydrogen) atoms. The summed E-state index contributed by atoms with van der Waals surface area (Å²) in [5, 5.41) is 5.17. The number of methoxy groups -OCH3 is 2. The van der Waals surface area contributed by atoms with Crippen molar-refractivity contribution < 1.29 is 28.7 Å². The molecular weight excluding hydrogens is 693 g/mol. The number of hydrogen-bond acceptors (Lipinski definition) is 10. The fourth-order valence-electron chi connectivity index (χ4n) is 6.95. The maximum Gasteiger partial charge on any atom is 0.407 e. The minimum atomic E-state index is -0.686. The van der Waals surface area contributed by atoms with E-state index in [1.165, 1.54) is 23.6 Å². The summed E-state index contributed by atoms with van der Waals surface area (Å²) in [6.07, 6.45) is 3.86. The van der Waals surface area contributed by atoms with Gasteiger partial charge in [-0.15, -0.1) is 22.7 Å². The highest BCUT2D eigenvalue weighted by Gasteiger charge is 2.38. The van der Waals surface area contributed by atoms with Crippen LogP contribution < -0.4 is 10.6 Å². The molecule has 268 valence electrons. The highest BCUT2D eigenvalue weighted by molar-refractivity contribution is 7.31. The van der Waals surface area contributed by atoms with Crippen LogP contribution >= 0.6 is 22.7 Å². The van der Waals surface area contributed by atoms with Crippen molar-refractivity contribution in [2.24, 2.45) is 5.92 Å². The molecule has 0 aliphatic carbocycles. The normalized spacial score (nSPS) is 18.1. The Labute approximate surface area is 301 Å². The van der Waals surface area contributed by atoms with E-state index in [-0.39, 0.29) is 36.4 Å². The van der Waals surface area contributed by atoms with Gasteiger partial charge in [0.05, 0.1) is 54.1 Å². The first-order chi connectivity index (χ1) is 24.6. The third-order valence-corrected chi connectivity index (χ3v) is 11.9. The highest BCUT2D eigenvalue weighted by atomic mass is 32.1. The van der Waals surface area contributed by atoms with Crippen molar-refractivity contribution in [3.8, 4) is 21.0 Å². The summed E-state index contributed by atoms with van der Waals surface area (Å²) in [4.78, 5) is 72.0. The summed E-state index contributed by atoms with van der Waals surface area (Å²) in [5.41, 5.74) is 3.71. The molecule has 2 aliphatic rings. The van der Waals surface area contributed by atoms with Gasteiger partial charge in [0.15, 0.2) is 0 Å². The summed E-state index contributed by atoms with van der Waals surface area (Å²) in [7, 11) is 2.56. The van der Waals surface area contributed by atoms with Gasteiger partial charge in [-0.25, -0.2) is 19.6 Å². The van der Waals surface area contributed by atoms with Crippen LogP contribution in [0.2, 0.25) is 0 Å². The monoisotopic (exact) mass is 732 g/mol. The zero-order valence-corrected chi connectivity index (χ0v) is 30.4. The number of rotatable bonds is 9. The van der Waals surface area contributed by atoms with Gasteiger partial charge in [-0.1, -0.05) is 19.9 Å². The van der Waals surface area contributed by atoms with Crippen molar-refractivity contribution in [3.05, 3.63) is 48.2 Å². The summed E-state index contributed by atoms with van der Waals surface area (Å²) in [6.45, 7) is 4.90. The number of nitrogens with one attached hydrogen (secondary N) is 4. The van der Waals surface area contributed by atoms with Crippen molar-refractivity contribution >= 4 is 67.1 Å². The Kier molecular flexibility index (Phi) is 9.70. The molecule has 0 saturated carbocycles. The van der Waals surface area contributed by atoms with Gasteiger partial charge in [-0.05, 0) is 61.4 Å². The zero-order chi connectivity index (χ0) is 35.8. The second-order valence-electron chi connectivity index (χ2n) is 13.1. The number of amides is 4. The predicted octanol–water partition coefficient (Wildman–Crippen LogP) is 5.96. The molecule has 7 rings (SSSR count). The first-order valence-corrected chi connectivity index (χ1v) is 18.6. The summed E-state index contributed by atoms with van der Waals surface area (Å²) in [5.74, 6) is 1.07. The molecule has 6 heterocycles. The van der Waals surface area contributed by atoms with Crippen LogP contribution in [0.4, 0.5) is 9.59 Å². The lowest BCUT2D eigenvalue weighted by Crippen LogP contribution is -2.51. The molecule has 4 N–H and O–H groups in total. The third-order valence-electron chi connectivity index (χ3n) is 9.55. The second-order valence-corrected chi connectivity index (χ2v) is 15.3. The van der Waals surface area contributed by atoms with Gasteiger partial charge in [0.2, 0.25) is 11.8 Å². The number of aromatic nitrogens is 4. The average molecular weight is 733 g/mol. The van der Waals surface area contributed by atoms with Crippen LogP contribution in [0.1, 0.15) is 63.3 Å². The largest absolute Gasteiger partial charge is 0.453 e. The number of fused-ring (bicyclic) bond motifs is 2. The number of aromatic amines is 2. The SMILES string of the molecule is COC(=O)NCC(=O)N1CCC[C@H]1c1ncc(-c2cc3sc(-c4ccc5nc([C@@H]6CCCN6C(=O)[C@@H](NC(=O)OC)C(C)C)[nH]c5c4)cc3s2)[nH]1. The molecular formula is C35H40N8O6S2. The molecule has 0 unspecified atom stereocenters. The number of thiophene rings is 2. The Morgan fingerprint density at radius 1 is 0.902 bits per heavy atom. The Hall–Kier alpha value is -4.96. The molecule has 3 atom stereocenters. The number of H-pyrrole nitrogens is 2. The van der Waals surface area contributed by atoms with Crippen LogP contribution in [-0.4, -0.2) is 93.6 Å². The fraction of sp³-hybridized carbons (Fsp3) is 0.429. The topological polar surface area (TPSA) is 175 Å². The van der Waals surface area contributed by atoms with Crippen LogP contribution in [0.15, 0.2) is 36.5 Å². The lowest BCUT2D eigenvalue weighted by Gasteiger charge is -2.29. The third kappa shape index (κ3) is 6.89. The van der Waals surface area contributed by atoms with E-state index in [4.69, 9.17) is 9.72 Å². The Morgan fingerprint density at radius 3 is 2.31 bits per heavy atom. The molecule has 14 nitrogen and oxygen atoms in total. The Balaban J connectivity index is 1.06. The molecule has 2 aliphatic heterocycles. The molecule has 5 aromatic rings. The van der Waals surface area contributed by atoms with Crippen LogP contribution in [-0.2, 0) is 19.1 Å². The summed E-state index contributed by atoms with van der Waals surface area (Å²) in [6, 6.07) is 9.50. The van der Waals surface area contributed by atoms with Gasteiger partial charge in [-0.3, -0.25) is 9.59 Å². The number of nitrogens with zero attached hydrogens (tertiary/aromatic N) is 4. The zero-order valence-electron chi connectivity index (χ0n) is 28.8. The first kappa shape index (κ1) is 34.5. The lowest BCUT2D eigenvalue weighted by molar-refractivity contribution is -0.135. The van der Waals surface area contributed by atoms with Crippen LogP contribution in [0.5, 0.6) is 0 Å². The Morgan fingerprint density at radius 2 is 1.59 bits per heavy atom. The van der Waals surface area contributed by atoms with Crippen molar-refractivity contribution in [1.82, 2.24) is 40.4 Å². The molecule has 0 radical (unpaired) electrons. The van der Waals surface area contributed by atoms with Gasteiger partial charge in [0.1, 0.15) is 24.2 Å². The van der Waals surface area contributed by atoms with E-state index in [0.29, 0.717) is 13.1 Å². The van der Waals surface area contributed by atoms with Crippen LogP contribution in [0.3, 0.4) is 0 Å². The molecule has 16 heteroatoms. The molecule has 0 bridgehead atoms. The summed E-state index contributed by atoms with van der Waals surface area (Å²) >= 11 is 3.40. The highest BCUT2D eigenvalue weighted by Crippen LogP contribution is 2.42.